The number of ether oxygens (including phenoxy) is 1. The molecule has 0 radical (unpaired) electrons. The second-order valence-corrected chi connectivity index (χ2v) is 5.11. The Bertz CT molecular complexity index is 873. The molecule has 5 nitrogen and oxygen atoms in total. The van der Waals surface area contributed by atoms with E-state index in [9.17, 15) is 9.18 Å². The van der Waals surface area contributed by atoms with Gasteiger partial charge in [0.15, 0.2) is 23.0 Å². The van der Waals surface area contributed by atoms with Gasteiger partial charge < -0.3 is 14.5 Å². The molecule has 0 spiro atoms. The van der Waals surface area contributed by atoms with E-state index in [1.165, 1.54) is 19.2 Å². The number of halogens is 1. The highest BCUT2D eigenvalue weighted by atomic mass is 19.1. The molecule has 1 amide bonds. The predicted molar refractivity (Wildman–Crippen MR) is 84.0 cm³/mol. The van der Waals surface area contributed by atoms with Crippen molar-refractivity contribution in [2.24, 2.45) is 0 Å². The van der Waals surface area contributed by atoms with Crippen molar-refractivity contribution in [3.05, 3.63) is 53.7 Å². The van der Waals surface area contributed by atoms with Crippen molar-refractivity contribution < 1.29 is 18.3 Å². The van der Waals surface area contributed by atoms with Crippen molar-refractivity contribution in [2.75, 3.05) is 12.4 Å². The number of oxazole rings is 1. The van der Waals surface area contributed by atoms with Crippen LogP contribution in [0, 0.1) is 12.7 Å². The minimum atomic E-state index is -0.489. The smallest absolute Gasteiger partial charge is 0.228 e. The van der Waals surface area contributed by atoms with Crippen molar-refractivity contribution in [3.63, 3.8) is 0 Å². The van der Waals surface area contributed by atoms with Gasteiger partial charge in [0.1, 0.15) is 5.52 Å². The molecule has 23 heavy (non-hydrogen) atoms. The number of nitrogens with zero attached hydrogens (tertiary/aromatic N) is 1. The number of hydrogen-bond donors (Lipinski definition) is 1. The fraction of sp³-hybridized carbons (Fsp3) is 0.176. The van der Waals surface area contributed by atoms with E-state index in [-0.39, 0.29) is 18.1 Å². The predicted octanol–water partition coefficient (Wildman–Crippen LogP) is 3.47. The van der Waals surface area contributed by atoms with E-state index in [2.05, 4.69) is 10.3 Å². The maximum absolute atomic E-state index is 13.6. The zero-order valence-corrected chi connectivity index (χ0v) is 12.7. The molecule has 118 valence electrons. The van der Waals surface area contributed by atoms with Gasteiger partial charge in [0, 0.05) is 18.7 Å². The summed E-state index contributed by atoms with van der Waals surface area (Å²) >= 11 is 0. The molecule has 0 aliphatic rings. The Labute approximate surface area is 132 Å². The van der Waals surface area contributed by atoms with Crippen LogP contribution in [0.4, 0.5) is 10.1 Å². The fourth-order valence-electron chi connectivity index (χ4n) is 2.33. The number of aromatic nitrogens is 1. The van der Waals surface area contributed by atoms with Crippen LogP contribution in [0.25, 0.3) is 11.1 Å². The first kappa shape index (κ1) is 15.0. The number of aryl methyl sites for hydroxylation is 1. The first-order valence-corrected chi connectivity index (χ1v) is 7.04. The van der Waals surface area contributed by atoms with Gasteiger partial charge in [-0.2, -0.15) is 0 Å². The molecule has 0 aliphatic carbocycles. The van der Waals surface area contributed by atoms with E-state index in [0.717, 1.165) is 5.52 Å². The minimum Gasteiger partial charge on any atom is -0.494 e. The van der Waals surface area contributed by atoms with Crippen LogP contribution >= 0.6 is 0 Å². The van der Waals surface area contributed by atoms with Crippen molar-refractivity contribution in [1.82, 2.24) is 4.98 Å². The molecule has 2 aromatic carbocycles. The molecule has 6 heteroatoms. The average molecular weight is 314 g/mol. The summed E-state index contributed by atoms with van der Waals surface area (Å²) in [5.41, 5.74) is 2.51. The summed E-state index contributed by atoms with van der Waals surface area (Å²) in [5, 5.41) is 2.76. The molecular formula is C17H15FN2O3. The Hall–Kier alpha value is -2.89. The molecule has 1 N–H and O–H groups in total. The molecule has 3 rings (SSSR count). The van der Waals surface area contributed by atoms with E-state index in [4.69, 9.17) is 9.15 Å². The molecule has 0 saturated heterocycles. The maximum atomic E-state index is 13.6. The number of methoxy groups -OCH3 is 1. The lowest BCUT2D eigenvalue weighted by atomic mass is 10.1. The standard InChI is InChI=1S/C17H15FN2O3/c1-10-19-14-5-4-12(9-16(14)23-10)20-17(21)8-11-3-6-15(22-2)13(18)7-11/h3-7,9H,8H2,1-2H3,(H,20,21). The molecule has 1 heterocycles. The highest BCUT2D eigenvalue weighted by Gasteiger charge is 2.09. The Balaban J connectivity index is 1.71. The summed E-state index contributed by atoms with van der Waals surface area (Å²) in [6.45, 7) is 1.76. The molecule has 3 aromatic rings. The molecule has 0 fully saturated rings. The molecule has 1 aromatic heterocycles. The summed E-state index contributed by atoms with van der Waals surface area (Å²) in [6, 6.07) is 9.68. The third kappa shape index (κ3) is 3.31. The monoisotopic (exact) mass is 314 g/mol. The van der Waals surface area contributed by atoms with Crippen molar-refractivity contribution in [2.45, 2.75) is 13.3 Å². The first-order valence-electron chi connectivity index (χ1n) is 7.04. The fourth-order valence-corrected chi connectivity index (χ4v) is 2.33. The van der Waals surface area contributed by atoms with Crippen molar-refractivity contribution in [1.29, 1.82) is 0 Å². The summed E-state index contributed by atoms with van der Waals surface area (Å²) < 4.78 is 23.9. The quantitative estimate of drug-likeness (QED) is 0.801. The van der Waals surface area contributed by atoms with Gasteiger partial charge in [0.2, 0.25) is 5.91 Å². The number of rotatable bonds is 4. The largest absolute Gasteiger partial charge is 0.494 e. The van der Waals surface area contributed by atoms with Crippen LogP contribution in [-0.2, 0) is 11.2 Å². The highest BCUT2D eigenvalue weighted by Crippen LogP contribution is 2.21. The Morgan fingerprint density at radius 3 is 2.87 bits per heavy atom. The summed E-state index contributed by atoms with van der Waals surface area (Å²) in [7, 11) is 1.39. The third-order valence-electron chi connectivity index (χ3n) is 3.36. The van der Waals surface area contributed by atoms with Crippen LogP contribution in [0.3, 0.4) is 0 Å². The molecule has 0 unspecified atom stereocenters. The van der Waals surface area contributed by atoms with Crippen LogP contribution in [0.1, 0.15) is 11.5 Å². The number of hydrogen-bond acceptors (Lipinski definition) is 4. The SMILES string of the molecule is COc1ccc(CC(=O)Nc2ccc3nc(C)oc3c2)cc1F. The van der Waals surface area contributed by atoms with Crippen LogP contribution in [0.5, 0.6) is 5.75 Å². The molecule has 0 bridgehead atoms. The number of amides is 1. The Morgan fingerprint density at radius 2 is 2.13 bits per heavy atom. The molecular weight excluding hydrogens is 299 g/mol. The Morgan fingerprint density at radius 1 is 1.30 bits per heavy atom. The van der Waals surface area contributed by atoms with Gasteiger partial charge in [0.05, 0.1) is 13.5 Å². The highest BCUT2D eigenvalue weighted by molar-refractivity contribution is 5.94. The summed E-state index contributed by atoms with van der Waals surface area (Å²) in [4.78, 5) is 16.3. The normalized spacial score (nSPS) is 10.7. The Kier molecular flexibility index (Phi) is 3.97. The first-order chi connectivity index (χ1) is 11.0. The van der Waals surface area contributed by atoms with E-state index >= 15 is 0 Å². The van der Waals surface area contributed by atoms with Gasteiger partial charge in [-0.3, -0.25) is 4.79 Å². The van der Waals surface area contributed by atoms with Gasteiger partial charge in [-0.1, -0.05) is 6.07 Å². The lowest BCUT2D eigenvalue weighted by molar-refractivity contribution is -0.115. The van der Waals surface area contributed by atoms with E-state index in [1.54, 1.807) is 31.2 Å². The van der Waals surface area contributed by atoms with Crippen LogP contribution in [-0.4, -0.2) is 18.0 Å². The summed E-state index contributed by atoms with van der Waals surface area (Å²) in [5.74, 6) is -0.0148. The number of nitrogens with one attached hydrogen (secondary N) is 1. The van der Waals surface area contributed by atoms with E-state index in [1.807, 2.05) is 0 Å². The molecule has 0 aliphatic heterocycles. The molecule has 0 atom stereocenters. The number of carbonyl (C=O) groups is 1. The van der Waals surface area contributed by atoms with E-state index < -0.39 is 5.82 Å². The number of fused-ring (bicyclic) bond motifs is 1. The van der Waals surface area contributed by atoms with Crippen molar-refractivity contribution in [3.8, 4) is 5.75 Å². The zero-order valence-electron chi connectivity index (χ0n) is 12.7. The van der Waals surface area contributed by atoms with Crippen LogP contribution in [0.2, 0.25) is 0 Å². The number of carbonyl (C=O) groups excluding carboxylic acids is 1. The minimum absolute atomic E-state index is 0.0639. The third-order valence-corrected chi connectivity index (χ3v) is 3.36. The topological polar surface area (TPSA) is 64.4 Å². The van der Waals surface area contributed by atoms with Gasteiger partial charge >= 0.3 is 0 Å². The van der Waals surface area contributed by atoms with E-state index in [0.29, 0.717) is 22.7 Å². The number of anilines is 1. The van der Waals surface area contributed by atoms with Crippen LogP contribution < -0.4 is 10.1 Å². The van der Waals surface area contributed by atoms with Crippen molar-refractivity contribution >= 4 is 22.7 Å². The van der Waals surface area contributed by atoms with Gasteiger partial charge in [0.25, 0.3) is 0 Å². The number of benzene rings is 2. The average Bonchev–Trinajstić information content (AvgIpc) is 2.86. The zero-order chi connectivity index (χ0) is 16.4. The van der Waals surface area contributed by atoms with Gasteiger partial charge in [-0.15, -0.1) is 0 Å². The summed E-state index contributed by atoms with van der Waals surface area (Å²) in [6.07, 6.45) is 0.0639. The maximum Gasteiger partial charge on any atom is 0.228 e. The second kappa shape index (κ2) is 6.08. The molecule has 0 saturated carbocycles. The van der Waals surface area contributed by atoms with Gasteiger partial charge in [-0.25, -0.2) is 9.37 Å². The van der Waals surface area contributed by atoms with Crippen LogP contribution in [0.15, 0.2) is 40.8 Å². The van der Waals surface area contributed by atoms with Gasteiger partial charge in [-0.05, 0) is 29.8 Å². The second-order valence-electron chi connectivity index (χ2n) is 5.11. The lowest BCUT2D eigenvalue weighted by Gasteiger charge is -2.07. The lowest BCUT2D eigenvalue weighted by Crippen LogP contribution is -2.14.